The van der Waals surface area contributed by atoms with Crippen LogP contribution in [0.15, 0.2) is 71.6 Å². The molecule has 29 heavy (non-hydrogen) atoms. The van der Waals surface area contributed by atoms with Crippen molar-refractivity contribution in [1.82, 2.24) is 0 Å². The van der Waals surface area contributed by atoms with E-state index in [4.69, 9.17) is 0 Å². The zero-order chi connectivity index (χ0) is 20.3. The lowest BCUT2D eigenvalue weighted by molar-refractivity contribution is 0.0999. The predicted molar refractivity (Wildman–Crippen MR) is 113 cm³/mol. The SMILES string of the molecule is CN1C(=O)c2cccc3c(S(=O)(=O)Nc4ccc(O)c5ccccc45)ccc1c23. The Balaban J connectivity index is 1.69. The summed E-state index contributed by atoms with van der Waals surface area (Å²) in [4.78, 5) is 14.1. The molecule has 5 rings (SSSR count). The molecular formula is C22H16N2O4S. The van der Waals surface area contributed by atoms with Gasteiger partial charge in [-0.3, -0.25) is 9.52 Å². The van der Waals surface area contributed by atoms with Crippen molar-refractivity contribution in [3.63, 3.8) is 0 Å². The highest BCUT2D eigenvalue weighted by Crippen LogP contribution is 2.40. The number of benzene rings is 4. The number of carbonyl (C=O) groups excluding carboxylic acids is 1. The molecule has 0 aliphatic carbocycles. The van der Waals surface area contributed by atoms with Gasteiger partial charge in [-0.05, 0) is 30.3 Å². The van der Waals surface area contributed by atoms with E-state index in [1.54, 1.807) is 55.6 Å². The van der Waals surface area contributed by atoms with Gasteiger partial charge in [-0.1, -0.05) is 36.4 Å². The summed E-state index contributed by atoms with van der Waals surface area (Å²) in [5.74, 6) is -0.0759. The minimum Gasteiger partial charge on any atom is -0.507 e. The summed E-state index contributed by atoms with van der Waals surface area (Å²) < 4.78 is 29.2. The van der Waals surface area contributed by atoms with Gasteiger partial charge >= 0.3 is 0 Å². The first-order chi connectivity index (χ1) is 13.9. The van der Waals surface area contributed by atoms with Gasteiger partial charge in [0, 0.05) is 34.2 Å². The molecule has 0 bridgehead atoms. The molecule has 0 atom stereocenters. The molecule has 1 heterocycles. The minimum absolute atomic E-state index is 0.0791. The Kier molecular flexibility index (Phi) is 3.60. The van der Waals surface area contributed by atoms with Gasteiger partial charge in [-0.15, -0.1) is 0 Å². The van der Waals surface area contributed by atoms with E-state index in [1.807, 2.05) is 0 Å². The number of hydrogen-bond donors (Lipinski definition) is 2. The number of nitrogens with one attached hydrogen (secondary N) is 1. The fraction of sp³-hybridized carbons (Fsp3) is 0.0455. The topological polar surface area (TPSA) is 86.7 Å². The van der Waals surface area contributed by atoms with Gasteiger partial charge in [-0.2, -0.15) is 0 Å². The summed E-state index contributed by atoms with van der Waals surface area (Å²) in [7, 11) is -2.27. The fourth-order valence-electron chi connectivity index (χ4n) is 3.92. The van der Waals surface area contributed by atoms with E-state index < -0.39 is 10.0 Å². The van der Waals surface area contributed by atoms with E-state index in [-0.39, 0.29) is 16.6 Å². The highest BCUT2D eigenvalue weighted by atomic mass is 32.2. The van der Waals surface area contributed by atoms with Gasteiger partial charge in [-0.25, -0.2) is 8.42 Å². The maximum Gasteiger partial charge on any atom is 0.262 e. The number of nitrogens with zero attached hydrogens (tertiary/aromatic N) is 1. The van der Waals surface area contributed by atoms with Crippen LogP contribution in [0.5, 0.6) is 5.75 Å². The second-order valence-corrected chi connectivity index (χ2v) is 8.61. The first-order valence-corrected chi connectivity index (χ1v) is 10.4. The molecule has 2 N–H and O–H groups in total. The first-order valence-electron chi connectivity index (χ1n) is 8.96. The number of aromatic hydroxyl groups is 1. The van der Waals surface area contributed by atoms with Crippen molar-refractivity contribution in [2.45, 2.75) is 4.90 Å². The van der Waals surface area contributed by atoms with Crippen LogP contribution in [-0.4, -0.2) is 26.5 Å². The van der Waals surface area contributed by atoms with Gasteiger partial charge in [0.25, 0.3) is 15.9 Å². The van der Waals surface area contributed by atoms with Gasteiger partial charge in [0.15, 0.2) is 0 Å². The van der Waals surface area contributed by atoms with Gasteiger partial charge in [0.2, 0.25) is 0 Å². The van der Waals surface area contributed by atoms with Crippen LogP contribution in [0.25, 0.3) is 21.5 Å². The number of phenols is 1. The minimum atomic E-state index is -3.95. The van der Waals surface area contributed by atoms with Crippen molar-refractivity contribution in [3.8, 4) is 5.75 Å². The Morgan fingerprint density at radius 1 is 0.862 bits per heavy atom. The van der Waals surface area contributed by atoms with E-state index in [0.717, 1.165) is 0 Å². The van der Waals surface area contributed by atoms with E-state index in [0.29, 0.717) is 38.5 Å². The smallest absolute Gasteiger partial charge is 0.262 e. The van der Waals surface area contributed by atoms with Gasteiger partial charge < -0.3 is 10.0 Å². The van der Waals surface area contributed by atoms with Crippen molar-refractivity contribution in [2.75, 3.05) is 16.7 Å². The second kappa shape index (κ2) is 5.96. The lowest BCUT2D eigenvalue weighted by atomic mass is 10.1. The van der Waals surface area contributed by atoms with Crippen LogP contribution in [0, 0.1) is 0 Å². The highest BCUT2D eigenvalue weighted by Gasteiger charge is 2.30. The maximum absolute atomic E-state index is 13.3. The number of phenolic OH excluding ortho intramolecular Hbond substituents is 1. The van der Waals surface area contributed by atoms with Crippen LogP contribution >= 0.6 is 0 Å². The molecule has 0 spiro atoms. The summed E-state index contributed by atoms with van der Waals surface area (Å²) in [6.07, 6.45) is 0. The standard InChI is InChI=1S/C22H16N2O4S/c1-24-18-10-12-20(15-7-4-8-16(21(15)18)22(24)26)29(27,28)23-17-9-11-19(25)14-6-3-2-5-13(14)17/h2-12,23,25H,1H3. The molecule has 0 saturated carbocycles. The van der Waals surface area contributed by atoms with Crippen LogP contribution in [0.2, 0.25) is 0 Å². The van der Waals surface area contributed by atoms with E-state index in [1.165, 1.54) is 23.1 Å². The number of anilines is 2. The summed E-state index contributed by atoms with van der Waals surface area (Å²) >= 11 is 0. The molecule has 0 radical (unpaired) electrons. The van der Waals surface area contributed by atoms with Crippen molar-refractivity contribution >= 4 is 48.9 Å². The normalized spacial score (nSPS) is 13.4. The quantitative estimate of drug-likeness (QED) is 0.504. The Labute approximate surface area is 167 Å². The van der Waals surface area contributed by atoms with E-state index in [2.05, 4.69) is 4.72 Å². The average molecular weight is 404 g/mol. The third-order valence-electron chi connectivity index (χ3n) is 5.31. The molecule has 4 aromatic carbocycles. The third kappa shape index (κ3) is 2.48. The number of fused-ring (bicyclic) bond motifs is 1. The fourth-order valence-corrected chi connectivity index (χ4v) is 5.20. The second-order valence-electron chi connectivity index (χ2n) is 6.96. The molecule has 1 aliphatic rings. The number of rotatable bonds is 3. The monoisotopic (exact) mass is 404 g/mol. The molecule has 0 aromatic heterocycles. The summed E-state index contributed by atoms with van der Waals surface area (Å²) in [6, 6.07) is 18.3. The summed E-state index contributed by atoms with van der Waals surface area (Å²) in [6.45, 7) is 0. The molecule has 0 unspecified atom stereocenters. The Morgan fingerprint density at radius 2 is 1.59 bits per heavy atom. The third-order valence-corrected chi connectivity index (χ3v) is 6.73. The zero-order valence-electron chi connectivity index (χ0n) is 15.4. The first kappa shape index (κ1) is 17.5. The summed E-state index contributed by atoms with van der Waals surface area (Å²) in [5.41, 5.74) is 1.55. The molecule has 0 saturated heterocycles. The molecule has 6 nitrogen and oxygen atoms in total. The molecule has 144 valence electrons. The van der Waals surface area contributed by atoms with Crippen LogP contribution in [0.3, 0.4) is 0 Å². The number of sulfonamides is 1. The summed E-state index contributed by atoms with van der Waals surface area (Å²) in [5, 5.41) is 12.3. The van der Waals surface area contributed by atoms with Gasteiger partial charge in [0.05, 0.1) is 16.3 Å². The highest BCUT2D eigenvalue weighted by molar-refractivity contribution is 7.93. The van der Waals surface area contributed by atoms with Crippen molar-refractivity contribution in [1.29, 1.82) is 0 Å². The lowest BCUT2D eigenvalue weighted by Gasteiger charge is -2.14. The van der Waals surface area contributed by atoms with Crippen molar-refractivity contribution in [2.24, 2.45) is 0 Å². The van der Waals surface area contributed by atoms with E-state index in [9.17, 15) is 18.3 Å². The zero-order valence-corrected chi connectivity index (χ0v) is 16.2. The maximum atomic E-state index is 13.3. The number of carbonyl (C=O) groups is 1. The molecule has 7 heteroatoms. The lowest BCUT2D eigenvalue weighted by Crippen LogP contribution is -2.20. The molecule has 4 aromatic rings. The van der Waals surface area contributed by atoms with E-state index >= 15 is 0 Å². The Hall–Kier alpha value is -3.58. The predicted octanol–water partition coefficient (Wildman–Crippen LogP) is 4.09. The molecule has 0 fully saturated rings. The van der Waals surface area contributed by atoms with Crippen LogP contribution in [0.4, 0.5) is 11.4 Å². The van der Waals surface area contributed by atoms with Crippen LogP contribution in [0.1, 0.15) is 10.4 Å². The van der Waals surface area contributed by atoms with Gasteiger partial charge in [0.1, 0.15) is 5.75 Å². The Morgan fingerprint density at radius 3 is 2.38 bits per heavy atom. The molecule has 1 aliphatic heterocycles. The molecular weight excluding hydrogens is 388 g/mol. The Bertz CT molecular complexity index is 1440. The van der Waals surface area contributed by atoms with Crippen molar-refractivity contribution in [3.05, 3.63) is 72.3 Å². The van der Waals surface area contributed by atoms with Crippen molar-refractivity contribution < 1.29 is 18.3 Å². The largest absolute Gasteiger partial charge is 0.507 e. The van der Waals surface area contributed by atoms with Crippen LogP contribution < -0.4 is 9.62 Å². The number of hydrogen-bond acceptors (Lipinski definition) is 4. The molecule has 1 amide bonds. The number of amides is 1. The average Bonchev–Trinajstić information content (AvgIpc) is 2.97. The van der Waals surface area contributed by atoms with Crippen LogP contribution in [-0.2, 0) is 10.0 Å².